The van der Waals surface area contributed by atoms with Crippen LogP contribution in [0.2, 0.25) is 0 Å². The van der Waals surface area contributed by atoms with E-state index < -0.39 is 11.9 Å². The lowest BCUT2D eigenvalue weighted by molar-refractivity contribution is -0.138. The van der Waals surface area contributed by atoms with Gasteiger partial charge in [0.1, 0.15) is 5.75 Å². The quantitative estimate of drug-likeness (QED) is 0.667. The molecule has 1 unspecified atom stereocenters. The molecule has 1 rings (SSSR count). The molecule has 0 saturated heterocycles. The fourth-order valence-corrected chi connectivity index (χ4v) is 1.31. The molecule has 0 heterocycles. The van der Waals surface area contributed by atoms with Gasteiger partial charge >= 0.3 is 5.97 Å². The van der Waals surface area contributed by atoms with Crippen LogP contribution >= 0.6 is 0 Å². The maximum atomic E-state index is 10.8. The highest BCUT2D eigenvalue weighted by Gasteiger charge is 2.20. The zero-order valence-corrected chi connectivity index (χ0v) is 7.90. The number of carboxylic acid groups (broad SMARTS) is 1. The second kappa shape index (κ2) is 4.11. The van der Waals surface area contributed by atoms with Crippen LogP contribution in [0.1, 0.15) is 17.0 Å². The summed E-state index contributed by atoms with van der Waals surface area (Å²) < 4.78 is 0. The summed E-state index contributed by atoms with van der Waals surface area (Å²) in [6.07, 6.45) is 0. The lowest BCUT2D eigenvalue weighted by Crippen LogP contribution is -2.21. The predicted molar refractivity (Wildman–Crippen MR) is 52.3 cm³/mol. The smallest absolute Gasteiger partial charge is 0.312 e. The third-order valence-corrected chi connectivity index (χ3v) is 2.09. The van der Waals surface area contributed by atoms with Crippen molar-refractivity contribution in [1.82, 2.24) is 0 Å². The molecule has 4 nitrogen and oxygen atoms in total. The molecular formula is C10H13NO3. The zero-order valence-electron chi connectivity index (χ0n) is 7.90. The van der Waals surface area contributed by atoms with Gasteiger partial charge in [-0.2, -0.15) is 0 Å². The number of carboxylic acids is 1. The Morgan fingerprint density at radius 2 is 2.21 bits per heavy atom. The Bertz CT molecular complexity index is 349. The third-order valence-electron chi connectivity index (χ3n) is 2.09. The number of hydrogen-bond donors (Lipinski definition) is 3. The number of hydrogen-bond acceptors (Lipinski definition) is 3. The highest BCUT2D eigenvalue weighted by Crippen LogP contribution is 2.26. The first-order valence-electron chi connectivity index (χ1n) is 4.28. The van der Waals surface area contributed by atoms with Crippen LogP contribution in [0.4, 0.5) is 0 Å². The van der Waals surface area contributed by atoms with Crippen molar-refractivity contribution >= 4 is 5.97 Å². The Balaban J connectivity index is 3.15. The minimum absolute atomic E-state index is 0.0200. The molecule has 1 aromatic carbocycles. The van der Waals surface area contributed by atoms with Gasteiger partial charge in [-0.15, -0.1) is 0 Å². The van der Waals surface area contributed by atoms with E-state index in [1.54, 1.807) is 12.1 Å². The number of nitrogens with two attached hydrogens (primary N) is 1. The first-order valence-corrected chi connectivity index (χ1v) is 4.28. The van der Waals surface area contributed by atoms with Crippen LogP contribution in [0.15, 0.2) is 18.2 Å². The van der Waals surface area contributed by atoms with Gasteiger partial charge in [0, 0.05) is 12.1 Å². The SMILES string of the molecule is Cc1ccc(O)c(C(CN)C(=O)O)c1. The Kier molecular flexibility index (Phi) is 3.09. The number of aromatic hydroxyl groups is 1. The van der Waals surface area contributed by atoms with Crippen molar-refractivity contribution < 1.29 is 15.0 Å². The molecule has 0 saturated carbocycles. The molecule has 0 fully saturated rings. The fourth-order valence-electron chi connectivity index (χ4n) is 1.31. The van der Waals surface area contributed by atoms with Crippen molar-refractivity contribution in [2.45, 2.75) is 12.8 Å². The molecule has 1 atom stereocenters. The van der Waals surface area contributed by atoms with Crippen LogP contribution in [0.25, 0.3) is 0 Å². The van der Waals surface area contributed by atoms with Gasteiger partial charge in [0.25, 0.3) is 0 Å². The van der Waals surface area contributed by atoms with E-state index in [4.69, 9.17) is 10.8 Å². The number of carbonyl (C=O) groups is 1. The summed E-state index contributed by atoms with van der Waals surface area (Å²) in [5.74, 6) is -1.88. The van der Waals surface area contributed by atoms with Crippen LogP contribution in [0.3, 0.4) is 0 Å². The van der Waals surface area contributed by atoms with Gasteiger partial charge in [-0.3, -0.25) is 4.79 Å². The monoisotopic (exact) mass is 195 g/mol. The Morgan fingerprint density at radius 1 is 1.57 bits per heavy atom. The van der Waals surface area contributed by atoms with E-state index in [9.17, 15) is 9.90 Å². The lowest BCUT2D eigenvalue weighted by atomic mass is 9.97. The van der Waals surface area contributed by atoms with Crippen molar-refractivity contribution in [3.8, 4) is 5.75 Å². The highest BCUT2D eigenvalue weighted by molar-refractivity contribution is 5.77. The van der Waals surface area contributed by atoms with Gasteiger partial charge in [-0.25, -0.2) is 0 Å². The van der Waals surface area contributed by atoms with Crippen molar-refractivity contribution in [3.63, 3.8) is 0 Å². The van der Waals surface area contributed by atoms with Gasteiger partial charge in [-0.1, -0.05) is 17.7 Å². The summed E-state index contributed by atoms with van der Waals surface area (Å²) in [6.45, 7) is 1.81. The Morgan fingerprint density at radius 3 is 2.71 bits per heavy atom. The number of phenolic OH excluding ortho intramolecular Hbond substituents is 1. The summed E-state index contributed by atoms with van der Waals surface area (Å²) in [6, 6.07) is 4.84. The van der Waals surface area contributed by atoms with Gasteiger partial charge in [0.2, 0.25) is 0 Å². The zero-order chi connectivity index (χ0) is 10.7. The normalized spacial score (nSPS) is 12.4. The second-order valence-electron chi connectivity index (χ2n) is 3.19. The molecule has 0 bridgehead atoms. The third kappa shape index (κ3) is 2.03. The van der Waals surface area contributed by atoms with E-state index in [2.05, 4.69) is 0 Å². The molecule has 0 amide bonds. The Labute approximate surface area is 82.0 Å². The molecule has 0 aliphatic rings. The van der Waals surface area contributed by atoms with Gasteiger partial charge < -0.3 is 15.9 Å². The average Bonchev–Trinajstić information content (AvgIpc) is 2.11. The molecular weight excluding hydrogens is 182 g/mol. The summed E-state index contributed by atoms with van der Waals surface area (Å²) >= 11 is 0. The molecule has 0 spiro atoms. The largest absolute Gasteiger partial charge is 0.508 e. The molecule has 0 aromatic heterocycles. The molecule has 1 aromatic rings. The van der Waals surface area contributed by atoms with E-state index in [1.807, 2.05) is 6.92 Å². The Hall–Kier alpha value is -1.55. The molecule has 0 radical (unpaired) electrons. The maximum absolute atomic E-state index is 10.8. The topological polar surface area (TPSA) is 83.5 Å². The van der Waals surface area contributed by atoms with Crippen LogP contribution in [-0.4, -0.2) is 22.7 Å². The van der Waals surface area contributed by atoms with Crippen molar-refractivity contribution in [2.24, 2.45) is 5.73 Å². The van der Waals surface area contributed by atoms with E-state index in [1.165, 1.54) is 6.07 Å². The predicted octanol–water partition coefficient (Wildman–Crippen LogP) is 0.828. The summed E-state index contributed by atoms with van der Waals surface area (Å²) in [5.41, 5.74) is 6.61. The minimum Gasteiger partial charge on any atom is -0.508 e. The number of aryl methyl sites for hydroxylation is 1. The van der Waals surface area contributed by atoms with E-state index in [0.29, 0.717) is 5.56 Å². The summed E-state index contributed by atoms with van der Waals surface area (Å²) in [5, 5.41) is 18.3. The van der Waals surface area contributed by atoms with Crippen LogP contribution in [-0.2, 0) is 4.79 Å². The lowest BCUT2D eigenvalue weighted by Gasteiger charge is -2.12. The first-order chi connectivity index (χ1) is 6.56. The number of benzene rings is 1. The molecule has 76 valence electrons. The number of aliphatic carboxylic acids is 1. The summed E-state index contributed by atoms with van der Waals surface area (Å²) in [4.78, 5) is 10.8. The van der Waals surface area contributed by atoms with Gasteiger partial charge in [0.15, 0.2) is 0 Å². The van der Waals surface area contributed by atoms with Crippen LogP contribution in [0.5, 0.6) is 5.75 Å². The molecule has 4 heteroatoms. The highest BCUT2D eigenvalue weighted by atomic mass is 16.4. The van der Waals surface area contributed by atoms with Crippen LogP contribution in [0, 0.1) is 6.92 Å². The van der Waals surface area contributed by atoms with Gasteiger partial charge in [-0.05, 0) is 13.0 Å². The molecule has 4 N–H and O–H groups in total. The standard InChI is InChI=1S/C10H13NO3/c1-6-2-3-9(12)7(4-6)8(5-11)10(13)14/h2-4,8,12H,5,11H2,1H3,(H,13,14). The molecule has 14 heavy (non-hydrogen) atoms. The number of rotatable bonds is 3. The fraction of sp³-hybridized carbons (Fsp3) is 0.300. The van der Waals surface area contributed by atoms with E-state index in [0.717, 1.165) is 5.56 Å². The second-order valence-corrected chi connectivity index (χ2v) is 3.19. The average molecular weight is 195 g/mol. The van der Waals surface area contributed by atoms with E-state index >= 15 is 0 Å². The van der Waals surface area contributed by atoms with Crippen LogP contribution < -0.4 is 5.73 Å². The maximum Gasteiger partial charge on any atom is 0.312 e. The van der Waals surface area contributed by atoms with Crippen molar-refractivity contribution in [1.29, 1.82) is 0 Å². The van der Waals surface area contributed by atoms with E-state index in [-0.39, 0.29) is 12.3 Å². The van der Waals surface area contributed by atoms with Crippen molar-refractivity contribution in [2.75, 3.05) is 6.54 Å². The van der Waals surface area contributed by atoms with Crippen molar-refractivity contribution in [3.05, 3.63) is 29.3 Å². The molecule has 0 aliphatic heterocycles. The minimum atomic E-state index is -1.02. The van der Waals surface area contributed by atoms with Gasteiger partial charge in [0.05, 0.1) is 5.92 Å². The summed E-state index contributed by atoms with van der Waals surface area (Å²) in [7, 11) is 0. The number of phenols is 1. The molecule has 0 aliphatic carbocycles. The first kappa shape index (κ1) is 10.5.